The molecule has 0 aromatic carbocycles. The maximum Gasteiger partial charge on any atom is 0.275 e. The number of aryl methyl sites for hydroxylation is 1. The first-order chi connectivity index (χ1) is 7.67. The zero-order valence-electron chi connectivity index (χ0n) is 9.05. The Labute approximate surface area is 92.8 Å². The van der Waals surface area contributed by atoms with Crippen LogP contribution in [0.1, 0.15) is 31.9 Å². The van der Waals surface area contributed by atoms with Crippen LogP contribution in [0.3, 0.4) is 0 Å². The van der Waals surface area contributed by atoms with Crippen LogP contribution in [0.25, 0.3) is 0 Å². The Morgan fingerprint density at radius 2 is 2.19 bits per heavy atom. The van der Waals surface area contributed by atoms with E-state index >= 15 is 0 Å². The summed E-state index contributed by atoms with van der Waals surface area (Å²) in [5, 5.41) is 13.2. The van der Waals surface area contributed by atoms with Crippen molar-refractivity contribution in [1.29, 1.82) is 0 Å². The third-order valence-corrected chi connectivity index (χ3v) is 2.19. The predicted molar refractivity (Wildman–Crippen MR) is 59.6 cm³/mol. The molecule has 6 heteroatoms. The standard InChI is InChI=1S/C10H13N3O3/c1-2-3-4-5-8-6-9(13(15)16)7-10(11-8)12-14/h6-7H,2-5H2,1H3. The van der Waals surface area contributed by atoms with Crippen LogP contribution in [-0.2, 0) is 6.42 Å². The van der Waals surface area contributed by atoms with Crippen molar-refractivity contribution in [3.63, 3.8) is 0 Å². The normalized spacial score (nSPS) is 10.1. The van der Waals surface area contributed by atoms with Crippen molar-refractivity contribution < 1.29 is 4.92 Å². The van der Waals surface area contributed by atoms with E-state index in [-0.39, 0.29) is 11.5 Å². The van der Waals surface area contributed by atoms with Crippen molar-refractivity contribution in [1.82, 2.24) is 4.98 Å². The van der Waals surface area contributed by atoms with Gasteiger partial charge >= 0.3 is 0 Å². The van der Waals surface area contributed by atoms with E-state index in [0.29, 0.717) is 12.1 Å². The number of unbranched alkanes of at least 4 members (excludes halogenated alkanes) is 2. The summed E-state index contributed by atoms with van der Waals surface area (Å²) >= 11 is 0. The molecule has 0 aliphatic heterocycles. The van der Waals surface area contributed by atoms with E-state index < -0.39 is 4.92 Å². The Kier molecular flexibility index (Phi) is 4.50. The first kappa shape index (κ1) is 12.2. The van der Waals surface area contributed by atoms with Crippen LogP contribution in [0.5, 0.6) is 0 Å². The minimum atomic E-state index is -0.542. The molecule has 0 atom stereocenters. The van der Waals surface area contributed by atoms with E-state index in [9.17, 15) is 15.0 Å². The smallest absolute Gasteiger partial charge is 0.258 e. The highest BCUT2D eigenvalue weighted by Crippen LogP contribution is 2.20. The van der Waals surface area contributed by atoms with E-state index in [4.69, 9.17) is 0 Å². The van der Waals surface area contributed by atoms with Gasteiger partial charge in [-0.2, -0.15) is 0 Å². The highest BCUT2D eigenvalue weighted by molar-refractivity contribution is 5.42. The molecule has 0 aliphatic rings. The van der Waals surface area contributed by atoms with Gasteiger partial charge < -0.3 is 0 Å². The van der Waals surface area contributed by atoms with Gasteiger partial charge in [0.15, 0.2) is 0 Å². The molecular formula is C10H13N3O3. The molecule has 0 saturated heterocycles. The van der Waals surface area contributed by atoms with Crippen molar-refractivity contribution in [2.24, 2.45) is 5.18 Å². The summed E-state index contributed by atoms with van der Waals surface area (Å²) in [4.78, 5) is 24.3. The molecule has 0 spiro atoms. The molecule has 0 radical (unpaired) electrons. The maximum absolute atomic E-state index is 10.6. The second kappa shape index (κ2) is 5.89. The van der Waals surface area contributed by atoms with E-state index in [2.05, 4.69) is 17.1 Å². The van der Waals surface area contributed by atoms with Gasteiger partial charge in [-0.05, 0) is 18.0 Å². The van der Waals surface area contributed by atoms with E-state index in [1.54, 1.807) is 0 Å². The summed E-state index contributed by atoms with van der Waals surface area (Å²) < 4.78 is 0. The van der Waals surface area contributed by atoms with Crippen LogP contribution < -0.4 is 0 Å². The maximum atomic E-state index is 10.6. The summed E-state index contributed by atoms with van der Waals surface area (Å²) in [6, 6.07) is 2.47. The highest BCUT2D eigenvalue weighted by Gasteiger charge is 2.11. The first-order valence-electron chi connectivity index (χ1n) is 5.16. The average molecular weight is 223 g/mol. The minimum absolute atomic E-state index is 0.124. The van der Waals surface area contributed by atoms with Crippen molar-refractivity contribution >= 4 is 11.5 Å². The van der Waals surface area contributed by atoms with Gasteiger partial charge in [-0.1, -0.05) is 19.8 Å². The fourth-order valence-electron chi connectivity index (χ4n) is 1.39. The van der Waals surface area contributed by atoms with Crippen LogP contribution >= 0.6 is 0 Å². The fourth-order valence-corrected chi connectivity index (χ4v) is 1.39. The van der Waals surface area contributed by atoms with Gasteiger partial charge in [0, 0.05) is 11.8 Å². The molecule has 1 heterocycles. The molecule has 0 saturated carbocycles. The Morgan fingerprint density at radius 3 is 2.75 bits per heavy atom. The first-order valence-corrected chi connectivity index (χ1v) is 5.16. The number of nitrogens with zero attached hydrogens (tertiary/aromatic N) is 3. The Hall–Kier alpha value is -1.85. The number of pyridine rings is 1. The van der Waals surface area contributed by atoms with Gasteiger partial charge in [0.2, 0.25) is 5.82 Å². The van der Waals surface area contributed by atoms with E-state index in [1.807, 2.05) is 0 Å². The lowest BCUT2D eigenvalue weighted by atomic mass is 10.1. The van der Waals surface area contributed by atoms with E-state index in [0.717, 1.165) is 25.3 Å². The molecule has 16 heavy (non-hydrogen) atoms. The molecule has 1 aromatic heterocycles. The summed E-state index contributed by atoms with van der Waals surface area (Å²) in [5.41, 5.74) is 0.424. The number of aromatic nitrogens is 1. The number of nitro groups is 1. The third kappa shape index (κ3) is 3.38. The van der Waals surface area contributed by atoms with Crippen LogP contribution in [0, 0.1) is 15.0 Å². The number of hydrogen-bond acceptors (Lipinski definition) is 5. The van der Waals surface area contributed by atoms with Crippen molar-refractivity contribution in [2.45, 2.75) is 32.6 Å². The van der Waals surface area contributed by atoms with Gasteiger partial charge in [0.05, 0.1) is 11.0 Å². The molecule has 0 amide bonds. The highest BCUT2D eigenvalue weighted by atomic mass is 16.6. The Bertz CT molecular complexity index is 393. The molecule has 0 bridgehead atoms. The Balaban J connectivity index is 2.86. The van der Waals surface area contributed by atoms with Gasteiger partial charge in [0.25, 0.3) is 5.69 Å². The van der Waals surface area contributed by atoms with Crippen molar-refractivity contribution in [3.8, 4) is 0 Å². The molecule has 0 unspecified atom stereocenters. The average Bonchev–Trinajstić information content (AvgIpc) is 2.29. The van der Waals surface area contributed by atoms with Crippen LogP contribution in [0.4, 0.5) is 11.5 Å². The van der Waals surface area contributed by atoms with Gasteiger partial charge in [-0.3, -0.25) is 10.1 Å². The summed E-state index contributed by atoms with van der Waals surface area (Å²) in [6.45, 7) is 2.07. The largest absolute Gasteiger partial charge is 0.275 e. The molecule has 6 nitrogen and oxygen atoms in total. The van der Waals surface area contributed by atoms with Gasteiger partial charge in [-0.25, -0.2) is 4.98 Å². The quantitative estimate of drug-likeness (QED) is 0.321. The molecule has 0 fully saturated rings. The lowest BCUT2D eigenvalue weighted by Gasteiger charge is -2.00. The predicted octanol–water partition coefficient (Wildman–Crippen LogP) is 3.12. The Morgan fingerprint density at radius 1 is 1.44 bits per heavy atom. The topological polar surface area (TPSA) is 85.5 Å². The second-order valence-electron chi connectivity index (χ2n) is 3.48. The SMILES string of the molecule is CCCCCc1cc([N+](=O)[O-])cc(N=O)n1. The van der Waals surface area contributed by atoms with Crippen LogP contribution in [0.2, 0.25) is 0 Å². The molecule has 0 aliphatic carbocycles. The monoisotopic (exact) mass is 223 g/mol. The summed E-state index contributed by atoms with van der Waals surface area (Å²) in [6.07, 6.45) is 3.64. The third-order valence-electron chi connectivity index (χ3n) is 2.19. The number of rotatable bonds is 6. The minimum Gasteiger partial charge on any atom is -0.258 e. The lowest BCUT2D eigenvalue weighted by molar-refractivity contribution is -0.384. The molecule has 1 rings (SSSR count). The van der Waals surface area contributed by atoms with E-state index in [1.165, 1.54) is 6.07 Å². The zero-order chi connectivity index (χ0) is 12.0. The van der Waals surface area contributed by atoms with Gasteiger partial charge in [-0.15, -0.1) is 4.91 Å². The lowest BCUT2D eigenvalue weighted by Crippen LogP contribution is -1.94. The van der Waals surface area contributed by atoms with Gasteiger partial charge in [0.1, 0.15) is 0 Å². The molecule has 1 aromatic rings. The van der Waals surface area contributed by atoms with Crippen LogP contribution in [-0.4, -0.2) is 9.91 Å². The summed E-state index contributed by atoms with van der Waals surface area (Å²) in [7, 11) is 0. The fraction of sp³-hybridized carbons (Fsp3) is 0.500. The van der Waals surface area contributed by atoms with Crippen LogP contribution in [0.15, 0.2) is 17.3 Å². The number of hydrogen-bond donors (Lipinski definition) is 0. The molecule has 86 valence electrons. The molecule has 0 N–H and O–H groups in total. The van der Waals surface area contributed by atoms with Crippen molar-refractivity contribution in [3.05, 3.63) is 32.8 Å². The molecular weight excluding hydrogens is 210 g/mol. The zero-order valence-corrected chi connectivity index (χ0v) is 9.05. The second-order valence-corrected chi connectivity index (χ2v) is 3.48. The summed E-state index contributed by atoms with van der Waals surface area (Å²) in [5.74, 6) is -0.124. The number of nitroso groups, excluding NO2 is 1. The van der Waals surface area contributed by atoms with Crippen molar-refractivity contribution in [2.75, 3.05) is 0 Å².